The average Bonchev–Trinajstić information content (AvgIpc) is 2.69. The van der Waals surface area contributed by atoms with E-state index in [4.69, 9.17) is 5.11 Å². The van der Waals surface area contributed by atoms with Gasteiger partial charge in [-0.3, -0.25) is 10.1 Å². The van der Waals surface area contributed by atoms with E-state index in [0.717, 1.165) is 49.7 Å². The minimum absolute atomic E-state index is 0.114. The Morgan fingerprint density at radius 3 is 2.46 bits per heavy atom. The Balaban J connectivity index is 1.80. The molecule has 2 aromatic carbocycles. The molecule has 0 aliphatic heterocycles. The number of rotatable bonds is 11. The lowest BCUT2D eigenvalue weighted by molar-refractivity contribution is -0.384. The minimum atomic E-state index is -0.970. The zero-order valence-corrected chi connectivity index (χ0v) is 15.8. The lowest BCUT2D eigenvalue weighted by atomic mass is 10.0. The summed E-state index contributed by atoms with van der Waals surface area (Å²) in [7, 11) is 0. The van der Waals surface area contributed by atoms with E-state index < -0.39 is 6.09 Å². The van der Waals surface area contributed by atoms with Crippen molar-refractivity contribution >= 4 is 17.9 Å². The van der Waals surface area contributed by atoms with E-state index in [-0.39, 0.29) is 10.6 Å². The number of carboxylic acid groups (broad SMARTS) is 1. The van der Waals surface area contributed by atoms with Crippen molar-refractivity contribution in [2.75, 3.05) is 6.54 Å². The number of nitro benzene ring substituents is 1. The number of hydrogen-bond donors (Lipinski definition) is 2. The highest BCUT2D eigenvalue weighted by atomic mass is 16.6. The van der Waals surface area contributed by atoms with Crippen LogP contribution < -0.4 is 5.32 Å². The zero-order valence-electron chi connectivity index (χ0n) is 15.8. The fraction of sp³-hybridized carbons (Fsp3) is 0.318. The molecule has 0 aromatic heterocycles. The van der Waals surface area contributed by atoms with Crippen molar-refractivity contribution in [2.24, 2.45) is 0 Å². The molecule has 0 spiro atoms. The van der Waals surface area contributed by atoms with Crippen LogP contribution in [-0.2, 0) is 0 Å². The van der Waals surface area contributed by atoms with Crippen LogP contribution in [0.1, 0.15) is 44.1 Å². The van der Waals surface area contributed by atoms with Crippen molar-refractivity contribution in [3.63, 3.8) is 0 Å². The predicted octanol–water partition coefficient (Wildman–Crippen LogP) is 5.88. The molecule has 0 atom stereocenters. The number of allylic oxidation sites excluding steroid dienone is 1. The molecule has 0 bridgehead atoms. The molecule has 2 aromatic rings. The molecule has 2 N–H and O–H groups in total. The molecule has 0 heterocycles. The van der Waals surface area contributed by atoms with Gasteiger partial charge in [-0.1, -0.05) is 67.8 Å². The first-order valence-electron chi connectivity index (χ1n) is 9.55. The van der Waals surface area contributed by atoms with Gasteiger partial charge in [-0.05, 0) is 36.5 Å². The maximum absolute atomic E-state index is 11.5. The van der Waals surface area contributed by atoms with Crippen LogP contribution in [0, 0.1) is 10.1 Å². The SMILES string of the molecule is O=C(O)NCCCCCCC/C=C/c1ccc(-c2ccccc2)c([N+](=O)[O-])c1. The molecule has 6 nitrogen and oxygen atoms in total. The van der Waals surface area contributed by atoms with Gasteiger partial charge in [0.25, 0.3) is 5.69 Å². The highest BCUT2D eigenvalue weighted by Crippen LogP contribution is 2.31. The summed E-state index contributed by atoms with van der Waals surface area (Å²) in [6, 6.07) is 14.7. The number of amides is 1. The van der Waals surface area contributed by atoms with Crippen LogP contribution in [0.3, 0.4) is 0 Å². The van der Waals surface area contributed by atoms with E-state index in [1.54, 1.807) is 12.1 Å². The van der Waals surface area contributed by atoms with E-state index in [0.29, 0.717) is 12.1 Å². The van der Waals surface area contributed by atoms with Crippen molar-refractivity contribution in [2.45, 2.75) is 38.5 Å². The Hall–Kier alpha value is -3.15. The largest absolute Gasteiger partial charge is 0.465 e. The minimum Gasteiger partial charge on any atom is -0.465 e. The third-order valence-electron chi connectivity index (χ3n) is 4.44. The fourth-order valence-corrected chi connectivity index (χ4v) is 3.00. The van der Waals surface area contributed by atoms with Gasteiger partial charge in [-0.2, -0.15) is 0 Å². The van der Waals surface area contributed by atoms with Crippen LogP contribution >= 0.6 is 0 Å². The molecule has 0 radical (unpaired) electrons. The maximum Gasteiger partial charge on any atom is 0.404 e. The Bertz CT molecular complexity index is 803. The Morgan fingerprint density at radius 2 is 1.75 bits per heavy atom. The van der Waals surface area contributed by atoms with E-state index in [9.17, 15) is 14.9 Å². The number of unbranched alkanes of at least 4 members (excludes halogenated alkanes) is 5. The van der Waals surface area contributed by atoms with Crippen LogP contribution in [0.4, 0.5) is 10.5 Å². The topological polar surface area (TPSA) is 92.5 Å². The second kappa shape index (κ2) is 11.5. The number of nitrogens with one attached hydrogen (secondary N) is 1. The molecule has 28 heavy (non-hydrogen) atoms. The molecule has 0 saturated heterocycles. The number of nitro groups is 1. The van der Waals surface area contributed by atoms with Gasteiger partial charge >= 0.3 is 6.09 Å². The molecular weight excluding hydrogens is 356 g/mol. The Morgan fingerprint density at radius 1 is 1.04 bits per heavy atom. The monoisotopic (exact) mass is 382 g/mol. The van der Waals surface area contributed by atoms with Gasteiger partial charge in [-0.15, -0.1) is 0 Å². The van der Waals surface area contributed by atoms with Gasteiger partial charge in [0, 0.05) is 12.6 Å². The summed E-state index contributed by atoms with van der Waals surface area (Å²) in [4.78, 5) is 21.4. The van der Waals surface area contributed by atoms with Crippen molar-refractivity contribution in [1.82, 2.24) is 5.32 Å². The Kier molecular flexibility index (Phi) is 8.72. The maximum atomic E-state index is 11.5. The molecule has 6 heteroatoms. The standard InChI is InChI=1S/C22H26N2O4/c25-22(26)23-16-10-5-3-1-2-4-7-11-18-14-15-20(21(17-18)24(27)28)19-12-8-6-9-13-19/h6-9,11-15,17,23H,1-5,10,16H2,(H,25,26)/b11-7+. The predicted molar refractivity (Wildman–Crippen MR) is 111 cm³/mol. The molecule has 1 amide bonds. The lowest BCUT2D eigenvalue weighted by Gasteiger charge is -2.04. The van der Waals surface area contributed by atoms with Crippen LogP contribution in [0.5, 0.6) is 0 Å². The van der Waals surface area contributed by atoms with E-state index >= 15 is 0 Å². The summed E-state index contributed by atoms with van der Waals surface area (Å²) in [5, 5.41) is 22.3. The van der Waals surface area contributed by atoms with Crippen molar-refractivity contribution in [1.29, 1.82) is 0 Å². The average molecular weight is 382 g/mol. The summed E-state index contributed by atoms with van der Waals surface area (Å²) in [5.74, 6) is 0. The number of benzene rings is 2. The van der Waals surface area contributed by atoms with Gasteiger partial charge in [0.05, 0.1) is 10.5 Å². The van der Waals surface area contributed by atoms with E-state index in [1.165, 1.54) is 0 Å². The molecule has 0 fully saturated rings. The summed E-state index contributed by atoms with van der Waals surface area (Å²) in [6.07, 6.45) is 9.01. The Labute approximate surface area is 165 Å². The molecule has 0 unspecified atom stereocenters. The molecule has 0 aliphatic carbocycles. The van der Waals surface area contributed by atoms with E-state index in [2.05, 4.69) is 5.32 Å². The smallest absolute Gasteiger partial charge is 0.404 e. The van der Waals surface area contributed by atoms with Gasteiger partial charge in [0.2, 0.25) is 0 Å². The first kappa shape index (κ1) is 21.2. The third kappa shape index (κ3) is 7.23. The second-order valence-electron chi connectivity index (χ2n) is 6.59. The van der Waals surface area contributed by atoms with Gasteiger partial charge < -0.3 is 10.4 Å². The highest BCUT2D eigenvalue weighted by molar-refractivity contribution is 5.75. The summed E-state index contributed by atoms with van der Waals surface area (Å²) < 4.78 is 0. The molecule has 0 aliphatic rings. The van der Waals surface area contributed by atoms with Crippen molar-refractivity contribution in [3.05, 3.63) is 70.3 Å². The molecule has 0 saturated carbocycles. The molecular formula is C22H26N2O4. The van der Waals surface area contributed by atoms with Crippen LogP contribution in [0.15, 0.2) is 54.6 Å². The number of hydrogen-bond acceptors (Lipinski definition) is 3. The zero-order chi connectivity index (χ0) is 20.2. The first-order chi connectivity index (χ1) is 13.6. The summed E-state index contributed by atoms with van der Waals surface area (Å²) >= 11 is 0. The highest BCUT2D eigenvalue weighted by Gasteiger charge is 2.15. The van der Waals surface area contributed by atoms with Crippen molar-refractivity contribution in [3.8, 4) is 11.1 Å². The van der Waals surface area contributed by atoms with Crippen molar-refractivity contribution < 1.29 is 14.8 Å². The molecule has 148 valence electrons. The first-order valence-corrected chi connectivity index (χ1v) is 9.55. The second-order valence-corrected chi connectivity index (χ2v) is 6.59. The summed E-state index contributed by atoms with van der Waals surface area (Å²) in [5.41, 5.74) is 2.40. The number of nitrogens with zero attached hydrogens (tertiary/aromatic N) is 1. The quantitative estimate of drug-likeness (QED) is 0.288. The lowest BCUT2D eigenvalue weighted by Crippen LogP contribution is -2.21. The molecule has 2 rings (SSSR count). The fourth-order valence-electron chi connectivity index (χ4n) is 3.00. The van der Waals surface area contributed by atoms with Gasteiger partial charge in [-0.25, -0.2) is 4.79 Å². The van der Waals surface area contributed by atoms with Crippen LogP contribution in [0.25, 0.3) is 17.2 Å². The van der Waals surface area contributed by atoms with Crippen LogP contribution in [0.2, 0.25) is 0 Å². The number of carbonyl (C=O) groups is 1. The van der Waals surface area contributed by atoms with E-state index in [1.807, 2.05) is 48.6 Å². The van der Waals surface area contributed by atoms with Gasteiger partial charge in [0.15, 0.2) is 0 Å². The third-order valence-corrected chi connectivity index (χ3v) is 4.44. The van der Waals surface area contributed by atoms with Gasteiger partial charge in [0.1, 0.15) is 0 Å². The normalized spacial score (nSPS) is 10.9. The van der Waals surface area contributed by atoms with Crippen LogP contribution in [-0.4, -0.2) is 22.7 Å². The summed E-state index contributed by atoms with van der Waals surface area (Å²) in [6.45, 7) is 0.507.